The highest BCUT2D eigenvalue weighted by molar-refractivity contribution is 5.71. The van der Waals surface area contributed by atoms with Crippen molar-refractivity contribution in [3.8, 4) is 5.75 Å². The summed E-state index contributed by atoms with van der Waals surface area (Å²) in [7, 11) is 0. The summed E-state index contributed by atoms with van der Waals surface area (Å²) in [6.07, 6.45) is 10.3. The average molecular weight is 253 g/mol. The van der Waals surface area contributed by atoms with E-state index in [0.717, 1.165) is 24.2 Å². The molecule has 0 radical (unpaired) electrons. The molecule has 1 aromatic carbocycles. The molecule has 2 heteroatoms. The first kappa shape index (κ1) is 12.0. The van der Waals surface area contributed by atoms with E-state index in [4.69, 9.17) is 4.42 Å². The Morgan fingerprint density at radius 3 is 2.74 bits per heavy atom. The lowest BCUT2D eigenvalue weighted by Gasteiger charge is -2.11. The summed E-state index contributed by atoms with van der Waals surface area (Å²) in [5.41, 5.74) is 3.53. The second kappa shape index (κ2) is 5.27. The molecule has 96 valence electrons. The first-order valence-electron chi connectivity index (χ1n) is 6.73. The fraction of sp³-hybridized carbons (Fsp3) is 0.235. The van der Waals surface area contributed by atoms with E-state index in [1.807, 2.05) is 30.4 Å². The Balaban J connectivity index is 1.94. The first-order chi connectivity index (χ1) is 9.34. The molecule has 2 nitrogen and oxygen atoms in total. The standard InChI is InChI=1S/C17H16O2/c18-16-8-4-2-6-14(16)9-10-17-15-7-3-1-5-13(15)11-12-19-17/h2,4,6,8-12H,1,3,5,7H2/p+1/b10-9-. The third-order valence-electron chi connectivity index (χ3n) is 3.62. The quantitative estimate of drug-likeness (QED) is 0.808. The predicted octanol–water partition coefficient (Wildman–Crippen LogP) is 4.32. The summed E-state index contributed by atoms with van der Waals surface area (Å²) in [5.74, 6) is 1.21. The van der Waals surface area contributed by atoms with Crippen LogP contribution in [0.1, 0.15) is 35.3 Å². The van der Waals surface area contributed by atoms with Crippen molar-refractivity contribution >= 4 is 12.2 Å². The van der Waals surface area contributed by atoms with Gasteiger partial charge in [-0.3, -0.25) is 0 Å². The summed E-state index contributed by atoms with van der Waals surface area (Å²) >= 11 is 0. The lowest BCUT2D eigenvalue weighted by Crippen LogP contribution is -2.04. The second-order valence-electron chi connectivity index (χ2n) is 4.89. The fourth-order valence-electron chi connectivity index (χ4n) is 2.59. The van der Waals surface area contributed by atoms with Gasteiger partial charge in [0.25, 0.3) is 0 Å². The number of aryl methyl sites for hydroxylation is 1. The molecule has 0 saturated heterocycles. The molecule has 1 aromatic heterocycles. The summed E-state index contributed by atoms with van der Waals surface area (Å²) in [6.45, 7) is 0. The average Bonchev–Trinajstić information content (AvgIpc) is 2.46. The summed E-state index contributed by atoms with van der Waals surface area (Å²) < 4.78 is 5.62. The normalized spacial score (nSPS) is 14.5. The van der Waals surface area contributed by atoms with Crippen LogP contribution in [0.3, 0.4) is 0 Å². The fourth-order valence-corrected chi connectivity index (χ4v) is 2.59. The van der Waals surface area contributed by atoms with Gasteiger partial charge in [-0.05, 0) is 43.4 Å². The van der Waals surface area contributed by atoms with Gasteiger partial charge >= 0.3 is 12.0 Å². The molecule has 0 amide bonds. The first-order valence-corrected chi connectivity index (χ1v) is 6.73. The summed E-state index contributed by atoms with van der Waals surface area (Å²) in [5, 5.41) is 9.75. The molecule has 0 bridgehead atoms. The van der Waals surface area contributed by atoms with E-state index >= 15 is 0 Å². The molecule has 3 rings (SSSR count). The summed E-state index contributed by atoms with van der Waals surface area (Å²) in [6, 6.07) is 9.39. The zero-order valence-corrected chi connectivity index (χ0v) is 10.8. The molecule has 19 heavy (non-hydrogen) atoms. The monoisotopic (exact) mass is 253 g/mol. The van der Waals surface area contributed by atoms with Gasteiger partial charge < -0.3 is 5.11 Å². The second-order valence-corrected chi connectivity index (χ2v) is 4.89. The maximum Gasteiger partial charge on any atom is 0.356 e. The number of hydrogen-bond donors (Lipinski definition) is 1. The Morgan fingerprint density at radius 2 is 1.84 bits per heavy atom. The highest BCUT2D eigenvalue weighted by Crippen LogP contribution is 2.26. The van der Waals surface area contributed by atoms with Gasteiger partial charge in [-0.15, -0.1) is 0 Å². The molecule has 0 aliphatic heterocycles. The zero-order valence-electron chi connectivity index (χ0n) is 10.8. The van der Waals surface area contributed by atoms with Crippen molar-refractivity contribution in [1.82, 2.24) is 0 Å². The van der Waals surface area contributed by atoms with Crippen molar-refractivity contribution in [2.45, 2.75) is 25.7 Å². The van der Waals surface area contributed by atoms with E-state index < -0.39 is 0 Å². The van der Waals surface area contributed by atoms with Gasteiger partial charge in [0.2, 0.25) is 0 Å². The molecule has 1 aliphatic rings. The van der Waals surface area contributed by atoms with Crippen molar-refractivity contribution < 1.29 is 9.52 Å². The number of phenolic OH excluding ortho intramolecular Hbond substituents is 1. The molecule has 0 unspecified atom stereocenters. The van der Waals surface area contributed by atoms with E-state index in [-0.39, 0.29) is 0 Å². The lowest BCUT2D eigenvalue weighted by molar-refractivity contribution is 0.474. The van der Waals surface area contributed by atoms with Gasteiger partial charge in [0, 0.05) is 17.7 Å². The van der Waals surface area contributed by atoms with Gasteiger partial charge in [-0.2, -0.15) is 0 Å². The van der Waals surface area contributed by atoms with Gasteiger partial charge in [-0.1, -0.05) is 18.2 Å². The Morgan fingerprint density at radius 1 is 1.00 bits per heavy atom. The van der Waals surface area contributed by atoms with E-state index in [1.54, 1.807) is 12.3 Å². The van der Waals surface area contributed by atoms with Crippen molar-refractivity contribution in [2.75, 3.05) is 0 Å². The van der Waals surface area contributed by atoms with Gasteiger partial charge in [0.1, 0.15) is 5.75 Å². The van der Waals surface area contributed by atoms with Crippen LogP contribution in [-0.2, 0) is 12.8 Å². The maximum atomic E-state index is 9.75. The summed E-state index contributed by atoms with van der Waals surface area (Å²) in [4.78, 5) is 0. The third-order valence-corrected chi connectivity index (χ3v) is 3.62. The minimum atomic E-state index is 0.295. The largest absolute Gasteiger partial charge is 0.507 e. The molecule has 0 spiro atoms. The van der Waals surface area contributed by atoms with E-state index in [0.29, 0.717) is 5.75 Å². The molecule has 1 aliphatic carbocycles. The van der Waals surface area contributed by atoms with Gasteiger partial charge in [0.15, 0.2) is 0 Å². The highest BCUT2D eigenvalue weighted by Gasteiger charge is 2.19. The van der Waals surface area contributed by atoms with Crippen LogP contribution in [0.15, 0.2) is 41.0 Å². The van der Waals surface area contributed by atoms with Crippen LogP contribution < -0.4 is 0 Å². The molecule has 1 heterocycles. The molecule has 0 atom stereocenters. The van der Waals surface area contributed by atoms with Crippen LogP contribution in [0.25, 0.3) is 12.2 Å². The smallest absolute Gasteiger partial charge is 0.356 e. The minimum Gasteiger partial charge on any atom is -0.507 e. The van der Waals surface area contributed by atoms with Crippen LogP contribution in [0.2, 0.25) is 0 Å². The Hall–Kier alpha value is -2.09. The number of hydrogen-bond acceptors (Lipinski definition) is 1. The molecule has 1 N–H and O–H groups in total. The van der Waals surface area contributed by atoms with E-state index in [9.17, 15) is 5.11 Å². The molecule has 0 fully saturated rings. The third kappa shape index (κ3) is 2.53. The number of rotatable bonds is 2. The Bertz CT molecular complexity index is 614. The molecular weight excluding hydrogens is 236 g/mol. The highest BCUT2D eigenvalue weighted by atomic mass is 16.3. The predicted molar refractivity (Wildman–Crippen MR) is 76.8 cm³/mol. The maximum absolute atomic E-state index is 9.75. The van der Waals surface area contributed by atoms with Crippen LogP contribution in [0.4, 0.5) is 0 Å². The van der Waals surface area contributed by atoms with Crippen LogP contribution in [0, 0.1) is 0 Å². The van der Waals surface area contributed by atoms with E-state index in [1.165, 1.54) is 24.0 Å². The van der Waals surface area contributed by atoms with Crippen LogP contribution >= 0.6 is 0 Å². The topological polar surface area (TPSA) is 31.5 Å². The lowest BCUT2D eigenvalue weighted by atomic mass is 9.91. The molecular formula is C17H17O2+. The SMILES string of the molecule is Oc1ccccc1/C=C\c1[o+]ccc2c1CCCC2. The van der Waals surface area contributed by atoms with Gasteiger partial charge in [0.05, 0.1) is 5.56 Å². The number of benzene rings is 1. The van der Waals surface area contributed by atoms with Crippen molar-refractivity contribution in [3.63, 3.8) is 0 Å². The molecule has 0 saturated carbocycles. The van der Waals surface area contributed by atoms with Crippen molar-refractivity contribution in [3.05, 3.63) is 59.0 Å². The number of aromatic hydroxyl groups is 1. The van der Waals surface area contributed by atoms with Crippen molar-refractivity contribution in [1.29, 1.82) is 0 Å². The number of fused-ring (bicyclic) bond motifs is 1. The minimum absolute atomic E-state index is 0.295. The Labute approximate surface area is 113 Å². The van der Waals surface area contributed by atoms with Crippen LogP contribution in [0.5, 0.6) is 5.75 Å². The number of phenols is 1. The molecule has 2 aromatic rings. The van der Waals surface area contributed by atoms with Crippen molar-refractivity contribution in [2.24, 2.45) is 0 Å². The zero-order chi connectivity index (χ0) is 13.1. The van der Waals surface area contributed by atoms with Crippen LogP contribution in [-0.4, -0.2) is 5.11 Å². The Kier molecular flexibility index (Phi) is 3.32. The number of para-hydroxylation sites is 1. The van der Waals surface area contributed by atoms with Gasteiger partial charge in [-0.25, -0.2) is 4.42 Å². The van der Waals surface area contributed by atoms with E-state index in [2.05, 4.69) is 6.07 Å².